The molecule has 0 saturated carbocycles. The Morgan fingerprint density at radius 1 is 1.52 bits per heavy atom. The van der Waals surface area contributed by atoms with E-state index in [2.05, 4.69) is 20.8 Å². The predicted molar refractivity (Wildman–Crippen MR) is 92.8 cm³/mol. The standard InChI is InChI=1S/C15H18N4O2S.ClH/c1-21-13-3-2-11(14(20)18-15-19-17-9-22-15)7-12(13)6-10-4-5-16-8-10;/h2-3,7,9-10,16H,4-6,8H2,1H3,(H,18,19,20);1H. The number of hydrogen-bond donors (Lipinski definition) is 2. The largest absolute Gasteiger partial charge is 0.496 e. The van der Waals surface area contributed by atoms with Crippen LogP contribution in [-0.2, 0) is 6.42 Å². The molecule has 1 aliphatic heterocycles. The number of nitrogens with zero attached hydrogens (tertiary/aromatic N) is 2. The molecule has 1 aromatic heterocycles. The second-order valence-electron chi connectivity index (χ2n) is 5.29. The summed E-state index contributed by atoms with van der Waals surface area (Å²) in [5, 5.41) is 14.1. The van der Waals surface area contributed by atoms with E-state index in [1.54, 1.807) is 18.7 Å². The second-order valence-corrected chi connectivity index (χ2v) is 6.12. The molecule has 2 heterocycles. The Hall–Kier alpha value is -1.70. The number of ether oxygens (including phenoxy) is 1. The first-order chi connectivity index (χ1) is 10.8. The van der Waals surface area contributed by atoms with E-state index in [1.807, 2.05) is 12.1 Å². The van der Waals surface area contributed by atoms with Crippen molar-refractivity contribution in [3.63, 3.8) is 0 Å². The molecule has 6 nitrogen and oxygen atoms in total. The number of carbonyl (C=O) groups excluding carboxylic acids is 1. The Labute approximate surface area is 145 Å². The summed E-state index contributed by atoms with van der Waals surface area (Å²) in [6.45, 7) is 2.08. The molecule has 0 radical (unpaired) electrons. The lowest BCUT2D eigenvalue weighted by atomic mass is 9.96. The van der Waals surface area contributed by atoms with E-state index < -0.39 is 0 Å². The van der Waals surface area contributed by atoms with Gasteiger partial charge in [-0.1, -0.05) is 11.3 Å². The molecule has 0 spiro atoms. The summed E-state index contributed by atoms with van der Waals surface area (Å²) in [6, 6.07) is 5.53. The summed E-state index contributed by atoms with van der Waals surface area (Å²) in [5.74, 6) is 1.25. The van der Waals surface area contributed by atoms with Crippen LogP contribution in [-0.4, -0.2) is 36.3 Å². The van der Waals surface area contributed by atoms with Gasteiger partial charge in [0.25, 0.3) is 5.91 Å². The lowest BCUT2D eigenvalue weighted by Crippen LogP contribution is -2.14. The van der Waals surface area contributed by atoms with Crippen molar-refractivity contribution in [2.75, 3.05) is 25.5 Å². The molecule has 0 bridgehead atoms. The van der Waals surface area contributed by atoms with Gasteiger partial charge in [0, 0.05) is 5.56 Å². The van der Waals surface area contributed by atoms with E-state index in [0.29, 0.717) is 16.6 Å². The highest BCUT2D eigenvalue weighted by Crippen LogP contribution is 2.25. The van der Waals surface area contributed by atoms with Gasteiger partial charge in [0.05, 0.1) is 7.11 Å². The normalized spacial score (nSPS) is 16.7. The van der Waals surface area contributed by atoms with Crippen LogP contribution in [0.15, 0.2) is 23.7 Å². The first-order valence-electron chi connectivity index (χ1n) is 7.21. The number of carbonyl (C=O) groups is 1. The molecule has 2 N–H and O–H groups in total. The van der Waals surface area contributed by atoms with Crippen molar-refractivity contribution in [1.29, 1.82) is 0 Å². The fourth-order valence-electron chi connectivity index (χ4n) is 2.68. The summed E-state index contributed by atoms with van der Waals surface area (Å²) in [6.07, 6.45) is 2.07. The number of aromatic nitrogens is 2. The Morgan fingerprint density at radius 3 is 3.04 bits per heavy atom. The van der Waals surface area contributed by atoms with Gasteiger partial charge >= 0.3 is 0 Å². The molecule has 8 heteroatoms. The first-order valence-corrected chi connectivity index (χ1v) is 8.09. The van der Waals surface area contributed by atoms with Crippen LogP contribution >= 0.6 is 23.7 Å². The molecule has 1 unspecified atom stereocenters. The molecule has 3 rings (SSSR count). The maximum Gasteiger partial charge on any atom is 0.257 e. The molecular weight excluding hydrogens is 336 g/mol. The van der Waals surface area contributed by atoms with Gasteiger partial charge in [-0.15, -0.1) is 22.6 Å². The Morgan fingerprint density at radius 2 is 2.39 bits per heavy atom. The highest BCUT2D eigenvalue weighted by atomic mass is 35.5. The molecular formula is C15H19ClN4O2S. The molecule has 23 heavy (non-hydrogen) atoms. The highest BCUT2D eigenvalue weighted by molar-refractivity contribution is 7.13. The molecule has 1 fully saturated rings. The fraction of sp³-hybridized carbons (Fsp3) is 0.400. The van der Waals surface area contributed by atoms with Crippen LogP contribution in [0.2, 0.25) is 0 Å². The van der Waals surface area contributed by atoms with Gasteiger partial charge < -0.3 is 10.1 Å². The minimum absolute atomic E-state index is 0. The lowest BCUT2D eigenvalue weighted by molar-refractivity contribution is 0.102. The SMILES string of the molecule is COc1ccc(C(=O)Nc2nncs2)cc1CC1CCNC1.Cl. The lowest BCUT2D eigenvalue weighted by Gasteiger charge is -2.13. The van der Waals surface area contributed by atoms with Gasteiger partial charge in [-0.25, -0.2) is 0 Å². The summed E-state index contributed by atoms with van der Waals surface area (Å²) in [7, 11) is 1.66. The van der Waals surface area contributed by atoms with Crippen molar-refractivity contribution in [3.8, 4) is 5.75 Å². The number of benzene rings is 1. The van der Waals surface area contributed by atoms with Gasteiger partial charge in [-0.05, 0) is 55.6 Å². The smallest absolute Gasteiger partial charge is 0.257 e. The average molecular weight is 355 g/mol. The van der Waals surface area contributed by atoms with Gasteiger partial charge in [0.2, 0.25) is 5.13 Å². The van der Waals surface area contributed by atoms with Gasteiger partial charge in [-0.2, -0.15) is 0 Å². The Balaban J connectivity index is 0.00000192. The van der Waals surface area contributed by atoms with E-state index in [-0.39, 0.29) is 18.3 Å². The third-order valence-electron chi connectivity index (χ3n) is 3.79. The Kier molecular flexibility index (Phi) is 6.32. The number of halogens is 1. The number of anilines is 1. The highest BCUT2D eigenvalue weighted by Gasteiger charge is 2.18. The third kappa shape index (κ3) is 4.40. The van der Waals surface area contributed by atoms with Crippen molar-refractivity contribution < 1.29 is 9.53 Å². The third-order valence-corrected chi connectivity index (χ3v) is 4.40. The monoisotopic (exact) mass is 354 g/mol. The van der Waals surface area contributed by atoms with Crippen LogP contribution in [0.4, 0.5) is 5.13 Å². The molecule has 2 aromatic rings. The number of hydrogen-bond acceptors (Lipinski definition) is 6. The van der Waals surface area contributed by atoms with Crippen LogP contribution in [0.5, 0.6) is 5.75 Å². The quantitative estimate of drug-likeness (QED) is 0.862. The number of nitrogens with one attached hydrogen (secondary N) is 2. The number of rotatable bonds is 5. The van der Waals surface area contributed by atoms with Crippen LogP contribution in [0.3, 0.4) is 0 Å². The van der Waals surface area contributed by atoms with Gasteiger partial charge in [-0.3, -0.25) is 10.1 Å². The minimum Gasteiger partial charge on any atom is -0.496 e. The Bertz CT molecular complexity index is 645. The summed E-state index contributed by atoms with van der Waals surface area (Å²) in [5.41, 5.74) is 3.26. The molecule has 1 atom stereocenters. The van der Waals surface area contributed by atoms with E-state index in [0.717, 1.165) is 37.2 Å². The van der Waals surface area contributed by atoms with E-state index in [9.17, 15) is 4.79 Å². The second kappa shape index (κ2) is 8.24. The molecule has 124 valence electrons. The minimum atomic E-state index is -0.176. The van der Waals surface area contributed by atoms with Crippen molar-refractivity contribution in [2.24, 2.45) is 5.92 Å². The summed E-state index contributed by atoms with van der Waals surface area (Å²) >= 11 is 1.30. The van der Waals surface area contributed by atoms with Crippen LogP contribution in [0.25, 0.3) is 0 Å². The number of methoxy groups -OCH3 is 1. The molecule has 1 aliphatic rings. The molecule has 0 aliphatic carbocycles. The number of amides is 1. The van der Waals surface area contributed by atoms with Crippen molar-refractivity contribution in [1.82, 2.24) is 15.5 Å². The predicted octanol–water partition coefficient (Wildman–Crippen LogP) is 2.37. The fourth-order valence-corrected chi connectivity index (χ4v) is 3.12. The summed E-state index contributed by atoms with van der Waals surface area (Å²) in [4.78, 5) is 12.3. The summed E-state index contributed by atoms with van der Waals surface area (Å²) < 4.78 is 5.42. The maximum atomic E-state index is 12.3. The zero-order valence-electron chi connectivity index (χ0n) is 12.7. The van der Waals surface area contributed by atoms with Crippen molar-refractivity contribution in [2.45, 2.75) is 12.8 Å². The molecule has 1 amide bonds. The zero-order chi connectivity index (χ0) is 15.4. The van der Waals surface area contributed by atoms with Crippen molar-refractivity contribution >= 4 is 34.8 Å². The van der Waals surface area contributed by atoms with E-state index >= 15 is 0 Å². The van der Waals surface area contributed by atoms with Crippen LogP contribution in [0, 0.1) is 5.92 Å². The van der Waals surface area contributed by atoms with Crippen LogP contribution in [0.1, 0.15) is 22.3 Å². The first kappa shape index (κ1) is 17.7. The van der Waals surface area contributed by atoms with Gasteiger partial charge in [0.1, 0.15) is 11.3 Å². The maximum absolute atomic E-state index is 12.3. The van der Waals surface area contributed by atoms with E-state index in [4.69, 9.17) is 4.74 Å². The zero-order valence-corrected chi connectivity index (χ0v) is 14.4. The topological polar surface area (TPSA) is 76.1 Å². The molecule has 1 aromatic carbocycles. The molecule has 1 saturated heterocycles. The van der Waals surface area contributed by atoms with Crippen molar-refractivity contribution in [3.05, 3.63) is 34.8 Å². The van der Waals surface area contributed by atoms with Crippen LogP contribution < -0.4 is 15.4 Å². The average Bonchev–Trinajstić information content (AvgIpc) is 3.21. The van der Waals surface area contributed by atoms with Gasteiger partial charge in [0.15, 0.2) is 0 Å². The van der Waals surface area contributed by atoms with E-state index in [1.165, 1.54) is 11.3 Å².